The van der Waals surface area contributed by atoms with Gasteiger partial charge in [-0.3, -0.25) is 0 Å². The van der Waals surface area contributed by atoms with Crippen LogP contribution in [0.3, 0.4) is 0 Å². The number of nitrogens with two attached hydrogens (primary N) is 1. The quantitative estimate of drug-likeness (QED) is 0.643. The van der Waals surface area contributed by atoms with Crippen molar-refractivity contribution in [2.45, 2.75) is 33.8 Å². The number of nitrogens with one attached hydrogen (secondary N) is 1. The third-order valence-corrected chi connectivity index (χ3v) is 7.14. The number of benzene rings is 2. The van der Waals surface area contributed by atoms with Crippen LogP contribution in [0.5, 0.6) is 0 Å². The number of carbonyl (C=O) groups excluding carboxylic acids is 1. The predicted molar refractivity (Wildman–Crippen MR) is 98.7 cm³/mol. The van der Waals surface area contributed by atoms with Gasteiger partial charge in [0, 0.05) is 0 Å². The summed E-state index contributed by atoms with van der Waals surface area (Å²) in [5, 5.41) is 0. The lowest BCUT2D eigenvalue weighted by molar-refractivity contribution is -0.139. The van der Waals surface area contributed by atoms with Gasteiger partial charge in [-0.1, -0.05) is 18.2 Å². The van der Waals surface area contributed by atoms with Gasteiger partial charge in [-0.25, -0.2) is 26.4 Å². The van der Waals surface area contributed by atoms with Crippen molar-refractivity contribution in [1.82, 2.24) is 4.72 Å². The number of carbonyl (C=O) groups is 1. The summed E-state index contributed by atoms with van der Waals surface area (Å²) < 4.78 is 97.1. The van der Waals surface area contributed by atoms with Crippen molar-refractivity contribution in [2.24, 2.45) is 5.73 Å². The third-order valence-electron chi connectivity index (χ3n) is 3.74. The van der Waals surface area contributed by atoms with E-state index in [1.807, 2.05) is 4.72 Å². The molecule has 0 aliphatic carbocycles. The second-order valence-corrected chi connectivity index (χ2v) is 9.76. The summed E-state index contributed by atoms with van der Waals surface area (Å²) in [6.45, 7) is 0.677. The minimum absolute atomic E-state index is 0.218. The van der Waals surface area contributed by atoms with Crippen LogP contribution < -0.4 is 10.5 Å². The fourth-order valence-electron chi connectivity index (χ4n) is 2.43. The minimum Gasteiger partial charge on any atom is -0.448 e. The Balaban J connectivity index is 2.56. The van der Waals surface area contributed by atoms with Gasteiger partial charge in [0.15, 0.2) is 0 Å². The van der Waals surface area contributed by atoms with Gasteiger partial charge in [-0.15, -0.1) is 0 Å². The number of hydrogen-bond acceptors (Lipinski definition) is 6. The van der Waals surface area contributed by atoms with E-state index in [9.17, 15) is 34.8 Å². The molecule has 0 saturated carbocycles. The van der Waals surface area contributed by atoms with Crippen LogP contribution in [0.2, 0.25) is 0 Å². The summed E-state index contributed by atoms with van der Waals surface area (Å²) in [6, 6.07) is 7.19. The first-order valence-electron chi connectivity index (χ1n) is 8.21. The maximum absolute atomic E-state index is 13.4. The van der Waals surface area contributed by atoms with Crippen LogP contribution in [0.4, 0.5) is 18.0 Å². The molecule has 2 aromatic carbocycles. The lowest BCUT2D eigenvalue weighted by atomic mass is 10.2. The highest BCUT2D eigenvalue weighted by atomic mass is 32.2. The van der Waals surface area contributed by atoms with Crippen LogP contribution in [-0.4, -0.2) is 35.6 Å². The highest BCUT2D eigenvalue weighted by Crippen LogP contribution is 2.36. The topological polar surface area (TPSA) is 133 Å². The van der Waals surface area contributed by atoms with Gasteiger partial charge in [0.1, 0.15) is 6.61 Å². The van der Waals surface area contributed by atoms with Crippen molar-refractivity contribution in [1.29, 1.82) is 0 Å². The van der Waals surface area contributed by atoms with Gasteiger partial charge >= 0.3 is 12.3 Å². The van der Waals surface area contributed by atoms with Crippen molar-refractivity contribution >= 4 is 26.0 Å². The molecule has 0 aromatic heterocycles. The fraction of sp³-hybridized carbons (Fsp3) is 0.235. The highest BCUT2D eigenvalue weighted by molar-refractivity contribution is 7.91. The van der Waals surface area contributed by atoms with E-state index in [1.165, 1.54) is 31.2 Å². The molecule has 30 heavy (non-hydrogen) atoms. The molecule has 2 aromatic rings. The molecule has 8 nitrogen and oxygen atoms in total. The van der Waals surface area contributed by atoms with Gasteiger partial charge in [-0.05, 0) is 37.3 Å². The zero-order valence-corrected chi connectivity index (χ0v) is 17.0. The van der Waals surface area contributed by atoms with E-state index in [4.69, 9.17) is 5.73 Å². The molecule has 164 valence electrons. The molecule has 13 heteroatoms. The number of halogens is 3. The van der Waals surface area contributed by atoms with Gasteiger partial charge in [0.05, 0.1) is 26.3 Å². The van der Waals surface area contributed by atoms with E-state index in [1.54, 1.807) is 6.07 Å². The molecule has 3 N–H and O–H groups in total. The van der Waals surface area contributed by atoms with Crippen LogP contribution in [0.15, 0.2) is 63.2 Å². The molecule has 1 atom stereocenters. The first kappa shape index (κ1) is 23.6. The van der Waals surface area contributed by atoms with Crippen LogP contribution in [-0.2, 0) is 30.8 Å². The summed E-state index contributed by atoms with van der Waals surface area (Å²) in [5.41, 5.74) is 3.22. The standard InChI is InChI=1S/C17H17F3N2O6S2/c1-11(10-28-16(21)23)22-30(26,27)15-9-13(7-8-14(15)17(18,19)20)29(24,25)12-5-3-2-4-6-12/h2-9,11,22H,10H2,1H3,(H2,21,23). The molecular weight excluding hydrogens is 449 g/mol. The Morgan fingerprint density at radius 1 is 1.07 bits per heavy atom. The van der Waals surface area contributed by atoms with Crippen LogP contribution in [0.25, 0.3) is 0 Å². The summed E-state index contributed by atoms with van der Waals surface area (Å²) in [6.07, 6.45) is -6.28. The van der Waals surface area contributed by atoms with Gasteiger partial charge in [-0.2, -0.15) is 13.2 Å². The molecule has 0 heterocycles. The van der Waals surface area contributed by atoms with Gasteiger partial charge in [0.2, 0.25) is 19.9 Å². The zero-order chi connectivity index (χ0) is 22.7. The Morgan fingerprint density at radius 3 is 2.20 bits per heavy atom. The van der Waals surface area contributed by atoms with Gasteiger partial charge in [0.25, 0.3) is 0 Å². The second kappa shape index (κ2) is 8.62. The number of sulfone groups is 1. The zero-order valence-electron chi connectivity index (χ0n) is 15.4. The smallest absolute Gasteiger partial charge is 0.417 e. The Kier molecular flexibility index (Phi) is 6.79. The minimum atomic E-state index is -5.08. The second-order valence-electron chi connectivity index (χ2n) is 6.12. The number of primary amides is 1. The summed E-state index contributed by atoms with van der Waals surface area (Å²) in [5.74, 6) is 0. The lowest BCUT2D eigenvalue weighted by Gasteiger charge is -2.18. The number of amides is 1. The van der Waals surface area contributed by atoms with E-state index in [0.717, 1.165) is 0 Å². The van der Waals surface area contributed by atoms with E-state index >= 15 is 0 Å². The van der Waals surface area contributed by atoms with Crippen molar-refractivity contribution in [3.63, 3.8) is 0 Å². The van der Waals surface area contributed by atoms with E-state index in [2.05, 4.69) is 4.74 Å². The first-order chi connectivity index (χ1) is 13.7. The largest absolute Gasteiger partial charge is 0.448 e. The van der Waals surface area contributed by atoms with Crippen molar-refractivity contribution in [3.05, 3.63) is 54.1 Å². The number of sulfonamides is 1. The number of hydrogen-bond donors (Lipinski definition) is 2. The first-order valence-corrected chi connectivity index (χ1v) is 11.2. The molecule has 1 unspecified atom stereocenters. The van der Waals surface area contributed by atoms with Crippen LogP contribution in [0, 0.1) is 0 Å². The predicted octanol–water partition coefficient (Wildman–Crippen LogP) is 2.30. The SMILES string of the molecule is CC(COC(N)=O)NS(=O)(=O)c1cc(S(=O)(=O)c2ccccc2)ccc1C(F)(F)F. The van der Waals surface area contributed by atoms with Crippen LogP contribution in [0.1, 0.15) is 12.5 Å². The van der Waals surface area contributed by atoms with E-state index < -0.39 is 60.1 Å². The Labute approximate surface area is 170 Å². The van der Waals surface area contributed by atoms with Crippen LogP contribution >= 0.6 is 0 Å². The molecular formula is C17H17F3N2O6S2. The third kappa shape index (κ3) is 5.49. The molecule has 0 saturated heterocycles. The fourth-order valence-corrected chi connectivity index (χ4v) is 5.29. The number of rotatable bonds is 7. The molecule has 0 fully saturated rings. The molecule has 2 rings (SSSR count). The summed E-state index contributed by atoms with van der Waals surface area (Å²) in [7, 11) is -9.13. The molecule has 1 amide bonds. The maximum Gasteiger partial charge on any atom is 0.417 e. The molecule has 0 aliphatic heterocycles. The number of ether oxygens (including phenoxy) is 1. The maximum atomic E-state index is 13.4. The molecule has 0 radical (unpaired) electrons. The molecule has 0 aliphatic rings. The highest BCUT2D eigenvalue weighted by Gasteiger charge is 2.38. The summed E-state index contributed by atoms with van der Waals surface area (Å²) >= 11 is 0. The molecule has 0 bridgehead atoms. The van der Waals surface area contributed by atoms with Gasteiger partial charge < -0.3 is 10.5 Å². The monoisotopic (exact) mass is 466 g/mol. The van der Waals surface area contributed by atoms with Crippen molar-refractivity contribution in [2.75, 3.05) is 6.61 Å². The lowest BCUT2D eigenvalue weighted by Crippen LogP contribution is -2.38. The van der Waals surface area contributed by atoms with Crippen molar-refractivity contribution < 1.29 is 39.5 Å². The average Bonchev–Trinajstić information content (AvgIpc) is 2.65. The van der Waals surface area contributed by atoms with E-state index in [-0.39, 0.29) is 4.90 Å². The average molecular weight is 466 g/mol. The Hall–Kier alpha value is -2.64. The Morgan fingerprint density at radius 2 is 1.67 bits per heavy atom. The summed E-state index contributed by atoms with van der Waals surface area (Å²) in [4.78, 5) is 8.49. The normalized spacial score (nSPS) is 13.6. The molecule has 0 spiro atoms. The van der Waals surface area contributed by atoms with Crippen molar-refractivity contribution in [3.8, 4) is 0 Å². The Bertz CT molecular complexity index is 1130. The number of alkyl halides is 3. The van der Waals surface area contributed by atoms with E-state index in [0.29, 0.717) is 18.2 Å².